The highest BCUT2D eigenvalue weighted by molar-refractivity contribution is 5.87. The van der Waals surface area contributed by atoms with E-state index in [-0.39, 0.29) is 0 Å². The van der Waals surface area contributed by atoms with Crippen molar-refractivity contribution in [3.8, 4) is 16.9 Å². The van der Waals surface area contributed by atoms with Crippen LogP contribution in [0.3, 0.4) is 0 Å². The maximum atomic E-state index is 6.77. The van der Waals surface area contributed by atoms with Crippen molar-refractivity contribution >= 4 is 16.8 Å². The Morgan fingerprint density at radius 2 is 1.09 bits per heavy atom. The molecular weight excluding hydrogens is 388 g/mol. The van der Waals surface area contributed by atoms with E-state index >= 15 is 0 Å². The lowest BCUT2D eigenvalue weighted by Gasteiger charge is -2.36. The van der Waals surface area contributed by atoms with Gasteiger partial charge in [-0.25, -0.2) is 0 Å². The second kappa shape index (κ2) is 7.55. The van der Waals surface area contributed by atoms with Crippen molar-refractivity contribution in [1.29, 1.82) is 0 Å². The Morgan fingerprint density at radius 3 is 1.81 bits per heavy atom. The molecule has 1 heteroatoms. The lowest BCUT2D eigenvalue weighted by Crippen LogP contribution is -2.34. The summed E-state index contributed by atoms with van der Waals surface area (Å²) < 4.78 is 6.77. The molecule has 0 unspecified atom stereocenters. The molecule has 0 radical (unpaired) electrons. The highest BCUT2D eigenvalue weighted by Crippen LogP contribution is 2.43. The van der Waals surface area contributed by atoms with E-state index in [0.717, 1.165) is 22.4 Å². The van der Waals surface area contributed by atoms with Crippen LogP contribution in [0.1, 0.15) is 16.7 Å². The first kappa shape index (κ1) is 18.7. The minimum absolute atomic E-state index is 0.639. The van der Waals surface area contributed by atoms with Gasteiger partial charge in [0.2, 0.25) is 0 Å². The van der Waals surface area contributed by atoms with Crippen LogP contribution in [0.25, 0.3) is 28.0 Å². The topological polar surface area (TPSA) is 9.23 Å². The van der Waals surface area contributed by atoms with E-state index < -0.39 is 5.60 Å². The van der Waals surface area contributed by atoms with E-state index in [0.29, 0.717) is 0 Å². The Bertz CT molecular complexity index is 1390. The van der Waals surface area contributed by atoms with Gasteiger partial charge in [0.25, 0.3) is 0 Å². The second-order valence-electron chi connectivity index (χ2n) is 8.22. The van der Waals surface area contributed by atoms with Crippen LogP contribution >= 0.6 is 0 Å². The predicted molar refractivity (Wildman–Crippen MR) is 133 cm³/mol. The van der Waals surface area contributed by atoms with E-state index in [1.54, 1.807) is 0 Å². The van der Waals surface area contributed by atoms with Crippen molar-refractivity contribution in [2.45, 2.75) is 5.60 Å². The van der Waals surface area contributed by atoms with Gasteiger partial charge in [0.15, 0.2) is 5.60 Å². The lowest BCUT2D eigenvalue weighted by atomic mass is 9.83. The summed E-state index contributed by atoms with van der Waals surface area (Å²) in [6, 6.07) is 42.4. The first-order valence-corrected chi connectivity index (χ1v) is 10.9. The SMILES string of the molecule is C1=CC(c2ccccc2)(c2ccccc2)Oc2ccc(-c3ccc4ccccc4c3)cc21. The molecule has 1 heterocycles. The monoisotopic (exact) mass is 410 g/mol. The summed E-state index contributed by atoms with van der Waals surface area (Å²) >= 11 is 0. The van der Waals surface area contributed by atoms with Gasteiger partial charge in [0.05, 0.1) is 0 Å². The summed E-state index contributed by atoms with van der Waals surface area (Å²) in [5, 5.41) is 2.51. The summed E-state index contributed by atoms with van der Waals surface area (Å²) in [6.45, 7) is 0. The third kappa shape index (κ3) is 3.11. The quantitative estimate of drug-likeness (QED) is 0.294. The fraction of sp³-hybridized carbons (Fsp3) is 0.0323. The third-order valence-corrected chi connectivity index (χ3v) is 6.27. The fourth-order valence-corrected chi connectivity index (χ4v) is 4.58. The number of rotatable bonds is 3. The van der Waals surface area contributed by atoms with Crippen LogP contribution in [0.2, 0.25) is 0 Å². The molecule has 0 aromatic heterocycles. The molecule has 0 N–H and O–H groups in total. The number of ether oxygens (including phenoxy) is 1. The average molecular weight is 411 g/mol. The number of benzene rings is 5. The van der Waals surface area contributed by atoms with Gasteiger partial charge in [-0.3, -0.25) is 0 Å². The summed E-state index contributed by atoms with van der Waals surface area (Å²) in [5.74, 6) is 0.893. The first-order chi connectivity index (χ1) is 15.8. The van der Waals surface area contributed by atoms with Gasteiger partial charge in [-0.2, -0.15) is 0 Å². The molecule has 152 valence electrons. The van der Waals surface area contributed by atoms with Crippen LogP contribution in [-0.2, 0) is 5.60 Å². The van der Waals surface area contributed by atoms with Crippen molar-refractivity contribution < 1.29 is 4.74 Å². The molecule has 0 atom stereocenters. The van der Waals surface area contributed by atoms with Crippen LogP contribution in [0, 0.1) is 0 Å². The van der Waals surface area contributed by atoms with Crippen molar-refractivity contribution in [2.75, 3.05) is 0 Å². The molecule has 0 aliphatic carbocycles. The number of fused-ring (bicyclic) bond motifs is 2. The molecule has 1 nitrogen and oxygen atoms in total. The summed E-state index contributed by atoms with van der Waals surface area (Å²) in [4.78, 5) is 0. The predicted octanol–water partition coefficient (Wildman–Crippen LogP) is 7.86. The van der Waals surface area contributed by atoms with Gasteiger partial charge < -0.3 is 4.74 Å². The molecule has 1 aliphatic rings. The molecule has 0 spiro atoms. The second-order valence-corrected chi connectivity index (χ2v) is 8.22. The van der Waals surface area contributed by atoms with Crippen LogP contribution in [0.5, 0.6) is 5.75 Å². The third-order valence-electron chi connectivity index (χ3n) is 6.27. The normalized spacial score (nSPS) is 14.0. The summed E-state index contributed by atoms with van der Waals surface area (Å²) in [5.41, 5.74) is 5.09. The van der Waals surface area contributed by atoms with Crippen LogP contribution in [0.4, 0.5) is 0 Å². The van der Waals surface area contributed by atoms with E-state index in [9.17, 15) is 0 Å². The molecule has 0 saturated heterocycles. The highest BCUT2D eigenvalue weighted by atomic mass is 16.5. The molecule has 32 heavy (non-hydrogen) atoms. The Balaban J connectivity index is 1.44. The fourth-order valence-electron chi connectivity index (χ4n) is 4.58. The molecule has 0 fully saturated rings. The molecule has 0 amide bonds. The molecule has 0 saturated carbocycles. The zero-order chi connectivity index (χ0) is 21.4. The van der Waals surface area contributed by atoms with Crippen molar-refractivity contribution in [3.05, 3.63) is 144 Å². The van der Waals surface area contributed by atoms with E-state index in [2.05, 4.69) is 121 Å². The summed E-state index contributed by atoms with van der Waals surface area (Å²) in [6.07, 6.45) is 4.38. The van der Waals surface area contributed by atoms with Crippen LogP contribution in [-0.4, -0.2) is 0 Å². The summed E-state index contributed by atoms with van der Waals surface area (Å²) in [7, 11) is 0. The van der Waals surface area contributed by atoms with E-state index in [4.69, 9.17) is 4.74 Å². The average Bonchev–Trinajstić information content (AvgIpc) is 2.89. The number of hydrogen-bond acceptors (Lipinski definition) is 1. The molecule has 6 rings (SSSR count). The molecule has 1 aliphatic heterocycles. The maximum Gasteiger partial charge on any atom is 0.178 e. The van der Waals surface area contributed by atoms with Crippen LogP contribution in [0.15, 0.2) is 127 Å². The Hall–Kier alpha value is -4.10. The van der Waals surface area contributed by atoms with Gasteiger partial charge in [0.1, 0.15) is 5.75 Å². The van der Waals surface area contributed by atoms with Gasteiger partial charge in [-0.1, -0.05) is 109 Å². The maximum absolute atomic E-state index is 6.77. The number of hydrogen-bond donors (Lipinski definition) is 0. The largest absolute Gasteiger partial charge is 0.473 e. The standard InChI is InChI=1S/C31H22O/c1-3-11-28(12-4-1)31(29-13-5-2-6-14-29)20-19-27-22-26(17-18-30(27)32-31)25-16-15-23-9-7-8-10-24(23)21-25/h1-22H. The molecule has 5 aromatic carbocycles. The van der Waals surface area contributed by atoms with Gasteiger partial charge >= 0.3 is 0 Å². The van der Waals surface area contributed by atoms with Crippen LogP contribution < -0.4 is 4.74 Å². The first-order valence-electron chi connectivity index (χ1n) is 10.9. The molecule has 0 bridgehead atoms. The molecular formula is C31H22O. The van der Waals surface area contributed by atoms with Crippen molar-refractivity contribution in [2.24, 2.45) is 0 Å². The van der Waals surface area contributed by atoms with E-state index in [1.807, 2.05) is 12.1 Å². The highest BCUT2D eigenvalue weighted by Gasteiger charge is 2.36. The molecule has 5 aromatic rings. The smallest absolute Gasteiger partial charge is 0.178 e. The lowest BCUT2D eigenvalue weighted by molar-refractivity contribution is 0.161. The zero-order valence-electron chi connectivity index (χ0n) is 17.6. The minimum Gasteiger partial charge on any atom is -0.473 e. The Morgan fingerprint density at radius 1 is 0.500 bits per heavy atom. The van der Waals surface area contributed by atoms with Gasteiger partial charge in [0, 0.05) is 16.7 Å². The Kier molecular flexibility index (Phi) is 4.40. The van der Waals surface area contributed by atoms with Crippen molar-refractivity contribution in [3.63, 3.8) is 0 Å². The zero-order valence-corrected chi connectivity index (χ0v) is 17.6. The minimum atomic E-state index is -0.639. The van der Waals surface area contributed by atoms with E-state index in [1.165, 1.54) is 21.9 Å². The van der Waals surface area contributed by atoms with Crippen molar-refractivity contribution in [1.82, 2.24) is 0 Å². The van der Waals surface area contributed by atoms with Gasteiger partial charge in [-0.15, -0.1) is 0 Å². The Labute approximate surface area is 188 Å². The van der Waals surface area contributed by atoms with Gasteiger partial charge in [-0.05, 0) is 46.2 Å².